The van der Waals surface area contributed by atoms with Crippen molar-refractivity contribution < 1.29 is 23.8 Å². The van der Waals surface area contributed by atoms with Crippen LogP contribution in [0.15, 0.2) is 0 Å². The lowest BCUT2D eigenvalue weighted by atomic mass is 10.8. The average molecular weight is 162 g/mol. The van der Waals surface area contributed by atoms with Crippen LogP contribution in [-0.2, 0) is 23.8 Å². The van der Waals surface area contributed by atoms with Gasteiger partial charge in [0.1, 0.15) is 6.79 Å². The van der Waals surface area contributed by atoms with E-state index in [1.807, 2.05) is 0 Å². The third-order valence-corrected chi connectivity index (χ3v) is 0.836. The lowest BCUT2D eigenvalue weighted by Crippen LogP contribution is -1.98. The van der Waals surface area contributed by atoms with Gasteiger partial charge in [-0.05, 0) is 0 Å². The van der Waals surface area contributed by atoms with Crippen molar-refractivity contribution in [1.82, 2.24) is 0 Å². The topological polar surface area (TPSA) is 61.8 Å². The first kappa shape index (κ1) is 10.1. The lowest BCUT2D eigenvalue weighted by Gasteiger charge is -1.79. The summed E-state index contributed by atoms with van der Waals surface area (Å²) in [6.45, 7) is 2.06. The minimum atomic E-state index is -0.838. The van der Waals surface area contributed by atoms with E-state index < -0.39 is 5.97 Å². The normalized spacial score (nSPS) is 14.6. The third-order valence-electron chi connectivity index (χ3n) is 0.836. The van der Waals surface area contributed by atoms with Gasteiger partial charge in [0.05, 0.1) is 20.3 Å². The largest absolute Gasteiger partial charge is 0.463 e. The van der Waals surface area contributed by atoms with E-state index in [1.165, 1.54) is 0 Å². The van der Waals surface area contributed by atoms with Crippen molar-refractivity contribution in [3.63, 3.8) is 0 Å². The highest BCUT2D eigenvalue weighted by Crippen LogP contribution is 1.85. The van der Waals surface area contributed by atoms with Crippen molar-refractivity contribution in [3.8, 4) is 0 Å². The van der Waals surface area contributed by atoms with E-state index in [-0.39, 0.29) is 6.29 Å². The number of hydrogen-bond acceptors (Lipinski definition) is 5. The van der Waals surface area contributed by atoms with Gasteiger partial charge in [0, 0.05) is 0 Å². The number of esters is 1. The second-order valence-corrected chi connectivity index (χ2v) is 1.58. The Morgan fingerprint density at radius 2 is 2.00 bits per heavy atom. The minimum Gasteiger partial charge on any atom is -0.463 e. The fourth-order valence-corrected chi connectivity index (χ4v) is 0.343. The monoisotopic (exact) mass is 162 g/mol. The van der Waals surface area contributed by atoms with Crippen molar-refractivity contribution in [2.45, 2.75) is 0 Å². The highest BCUT2D eigenvalue weighted by atomic mass is 16.7. The van der Waals surface area contributed by atoms with E-state index in [2.05, 4.69) is 4.74 Å². The summed E-state index contributed by atoms with van der Waals surface area (Å²) in [5.74, 6) is -0.838. The Morgan fingerprint density at radius 3 is 2.09 bits per heavy atom. The summed E-state index contributed by atoms with van der Waals surface area (Å²) in [7, 11) is 1.15. The molecule has 0 saturated carbocycles. The molecule has 0 atom stereocenters. The molecule has 0 bridgehead atoms. The molecule has 1 aliphatic heterocycles. The summed E-state index contributed by atoms with van der Waals surface area (Å²) < 4.78 is 13.3. The van der Waals surface area contributed by atoms with Crippen LogP contribution < -0.4 is 0 Å². The van der Waals surface area contributed by atoms with Gasteiger partial charge in [-0.15, -0.1) is 0 Å². The fraction of sp³-hybridized carbons (Fsp3) is 0.667. The zero-order valence-corrected chi connectivity index (χ0v) is 6.24. The Balaban J connectivity index is 0.000000183. The third kappa shape index (κ3) is 6.95. The molecule has 0 N–H and O–H groups in total. The van der Waals surface area contributed by atoms with Crippen LogP contribution in [0.25, 0.3) is 0 Å². The Bertz CT molecular complexity index is 111. The Morgan fingerprint density at radius 1 is 1.45 bits per heavy atom. The molecule has 1 fully saturated rings. The van der Waals surface area contributed by atoms with Gasteiger partial charge in [-0.1, -0.05) is 0 Å². The van der Waals surface area contributed by atoms with Gasteiger partial charge in [0.2, 0.25) is 6.29 Å². The van der Waals surface area contributed by atoms with E-state index >= 15 is 0 Å². The molecule has 0 aliphatic carbocycles. The number of hydrogen-bond donors (Lipinski definition) is 0. The Kier molecular flexibility index (Phi) is 6.56. The van der Waals surface area contributed by atoms with Crippen molar-refractivity contribution in [3.05, 3.63) is 0 Å². The Hall–Kier alpha value is -0.940. The van der Waals surface area contributed by atoms with Crippen molar-refractivity contribution >= 4 is 12.3 Å². The summed E-state index contributed by atoms with van der Waals surface area (Å²) in [6, 6.07) is 0. The highest BCUT2D eigenvalue weighted by molar-refractivity contribution is 6.20. The van der Waals surface area contributed by atoms with Gasteiger partial charge in [-0.2, -0.15) is 0 Å². The number of carbonyl (C=O) groups is 2. The van der Waals surface area contributed by atoms with Crippen LogP contribution >= 0.6 is 0 Å². The van der Waals surface area contributed by atoms with E-state index in [1.54, 1.807) is 0 Å². The number of aldehydes is 1. The fourth-order valence-electron chi connectivity index (χ4n) is 0.343. The van der Waals surface area contributed by atoms with Gasteiger partial charge in [0.25, 0.3) is 0 Å². The molecule has 1 aliphatic rings. The predicted octanol–water partition coefficient (Wildman–Crippen LogP) is -0.651. The van der Waals surface area contributed by atoms with Crippen molar-refractivity contribution in [2.75, 3.05) is 27.1 Å². The summed E-state index contributed by atoms with van der Waals surface area (Å²) >= 11 is 0. The molecule has 0 radical (unpaired) electrons. The summed E-state index contributed by atoms with van der Waals surface area (Å²) in [6.07, 6.45) is 0.111. The molecule has 64 valence electrons. The first-order valence-electron chi connectivity index (χ1n) is 3.00. The van der Waals surface area contributed by atoms with E-state index in [4.69, 9.17) is 9.47 Å². The van der Waals surface area contributed by atoms with Gasteiger partial charge in [-0.25, -0.2) is 4.79 Å². The molecule has 0 aromatic rings. The van der Waals surface area contributed by atoms with Crippen LogP contribution in [0.5, 0.6) is 0 Å². The van der Waals surface area contributed by atoms with Crippen LogP contribution in [0, 0.1) is 0 Å². The SMILES string of the molecule is C1COCO1.COC(=O)C=O. The maximum absolute atomic E-state index is 9.59. The lowest BCUT2D eigenvalue weighted by molar-refractivity contribution is -0.146. The maximum atomic E-state index is 9.59. The number of ether oxygens (including phenoxy) is 3. The van der Waals surface area contributed by atoms with Gasteiger partial charge in [-0.3, -0.25) is 4.79 Å². The standard InChI is InChI=1S/C3H4O3.C3H6O2/c1-6-3(5)2-4;1-2-5-3-4-1/h2H,1H3;1-3H2. The molecule has 0 spiro atoms. The van der Waals surface area contributed by atoms with E-state index in [0.717, 1.165) is 20.3 Å². The highest BCUT2D eigenvalue weighted by Gasteiger charge is 1.93. The molecule has 0 amide bonds. The molecule has 5 heteroatoms. The van der Waals surface area contributed by atoms with Gasteiger partial charge < -0.3 is 14.2 Å². The maximum Gasteiger partial charge on any atom is 0.371 e. The van der Waals surface area contributed by atoms with Gasteiger partial charge in [0.15, 0.2) is 0 Å². The van der Waals surface area contributed by atoms with Crippen molar-refractivity contribution in [2.24, 2.45) is 0 Å². The minimum absolute atomic E-state index is 0.111. The second-order valence-electron chi connectivity index (χ2n) is 1.58. The number of methoxy groups -OCH3 is 1. The van der Waals surface area contributed by atoms with E-state index in [0.29, 0.717) is 6.79 Å². The first-order valence-corrected chi connectivity index (χ1v) is 3.00. The molecule has 5 nitrogen and oxygen atoms in total. The van der Waals surface area contributed by atoms with Crippen LogP contribution in [0.4, 0.5) is 0 Å². The summed E-state index contributed by atoms with van der Waals surface area (Å²) in [4.78, 5) is 18.9. The molecular formula is C6H10O5. The van der Waals surface area contributed by atoms with E-state index in [9.17, 15) is 9.59 Å². The van der Waals surface area contributed by atoms with Gasteiger partial charge >= 0.3 is 5.97 Å². The molecule has 11 heavy (non-hydrogen) atoms. The molecule has 0 aromatic carbocycles. The quantitative estimate of drug-likeness (QED) is 0.291. The predicted molar refractivity (Wildman–Crippen MR) is 34.9 cm³/mol. The first-order chi connectivity index (χ1) is 5.31. The number of rotatable bonds is 1. The molecule has 0 unspecified atom stereocenters. The molecule has 1 rings (SSSR count). The van der Waals surface area contributed by atoms with Crippen LogP contribution in [0.3, 0.4) is 0 Å². The summed E-state index contributed by atoms with van der Waals surface area (Å²) in [5.41, 5.74) is 0. The zero-order chi connectivity index (χ0) is 8.53. The van der Waals surface area contributed by atoms with Crippen LogP contribution in [-0.4, -0.2) is 39.4 Å². The molecular weight excluding hydrogens is 152 g/mol. The smallest absolute Gasteiger partial charge is 0.371 e. The van der Waals surface area contributed by atoms with Crippen molar-refractivity contribution in [1.29, 1.82) is 0 Å². The zero-order valence-electron chi connectivity index (χ0n) is 6.24. The Labute approximate surface area is 64.2 Å². The molecule has 1 saturated heterocycles. The van der Waals surface area contributed by atoms with Crippen LogP contribution in [0.2, 0.25) is 0 Å². The molecule has 1 heterocycles. The molecule has 0 aromatic heterocycles. The summed E-state index contributed by atoms with van der Waals surface area (Å²) in [5, 5.41) is 0. The number of carbonyl (C=O) groups excluding carboxylic acids is 2. The van der Waals surface area contributed by atoms with Crippen LogP contribution in [0.1, 0.15) is 0 Å². The average Bonchev–Trinajstić information content (AvgIpc) is 2.60. The second kappa shape index (κ2) is 7.17.